The zero-order chi connectivity index (χ0) is 16.1. The van der Waals surface area contributed by atoms with Gasteiger partial charge in [0.05, 0.1) is 10.3 Å². The Bertz CT molecular complexity index is 656. The van der Waals surface area contributed by atoms with Crippen LogP contribution in [0.4, 0.5) is 0 Å². The van der Waals surface area contributed by atoms with Crippen LogP contribution < -0.4 is 5.32 Å². The number of aliphatic carboxylic acids is 1. The van der Waals surface area contributed by atoms with Crippen molar-refractivity contribution < 1.29 is 14.7 Å². The Morgan fingerprint density at radius 1 is 1.23 bits per heavy atom. The van der Waals surface area contributed by atoms with Gasteiger partial charge in [0.1, 0.15) is 6.04 Å². The summed E-state index contributed by atoms with van der Waals surface area (Å²) in [5.74, 6) is -1.80. The summed E-state index contributed by atoms with van der Waals surface area (Å²) < 4.78 is 0.605. The largest absolute Gasteiger partial charge is 0.480 e. The first-order valence-corrected chi connectivity index (χ1v) is 7.99. The van der Waals surface area contributed by atoms with Crippen LogP contribution in [0.5, 0.6) is 0 Å². The standard InChI is InChI=1S/C16H16ClNO3S/c1-10(13-7-8-14(17)22-13)15(19)18-12(16(20)21)9-11-5-3-2-4-6-11/h2-8,10,12H,9H2,1H3,(H,18,19)(H,20,21)/t10?,12-/m0/s1. The second-order valence-electron chi connectivity index (χ2n) is 4.95. The van der Waals surface area contributed by atoms with E-state index in [0.717, 1.165) is 10.4 Å². The van der Waals surface area contributed by atoms with E-state index in [1.54, 1.807) is 19.1 Å². The molecule has 0 fully saturated rings. The summed E-state index contributed by atoms with van der Waals surface area (Å²) in [6.45, 7) is 1.74. The third-order valence-corrected chi connectivity index (χ3v) is 4.73. The molecule has 4 nitrogen and oxygen atoms in total. The van der Waals surface area contributed by atoms with Crippen LogP contribution in [0.25, 0.3) is 0 Å². The molecule has 0 spiro atoms. The highest BCUT2D eigenvalue weighted by molar-refractivity contribution is 7.16. The Hall–Kier alpha value is -1.85. The van der Waals surface area contributed by atoms with Gasteiger partial charge in [-0.2, -0.15) is 0 Å². The Morgan fingerprint density at radius 2 is 1.91 bits per heavy atom. The summed E-state index contributed by atoms with van der Waals surface area (Å²) in [6.07, 6.45) is 0.250. The van der Waals surface area contributed by atoms with Gasteiger partial charge in [0, 0.05) is 11.3 Å². The Kier molecular flexibility index (Phi) is 5.57. The first-order chi connectivity index (χ1) is 10.5. The Morgan fingerprint density at radius 3 is 2.45 bits per heavy atom. The summed E-state index contributed by atoms with van der Waals surface area (Å²) in [5, 5.41) is 11.9. The van der Waals surface area contributed by atoms with E-state index in [2.05, 4.69) is 5.32 Å². The predicted octanol–water partition coefficient (Wildman–Crippen LogP) is 3.32. The molecular weight excluding hydrogens is 322 g/mol. The molecule has 1 unspecified atom stereocenters. The molecule has 1 aromatic carbocycles. The normalized spacial score (nSPS) is 13.4. The van der Waals surface area contributed by atoms with Gasteiger partial charge in [-0.15, -0.1) is 11.3 Å². The third-order valence-electron chi connectivity index (χ3n) is 3.31. The summed E-state index contributed by atoms with van der Waals surface area (Å²) in [4.78, 5) is 24.4. The number of benzene rings is 1. The fraction of sp³-hybridized carbons (Fsp3) is 0.250. The lowest BCUT2D eigenvalue weighted by atomic mass is 10.0. The summed E-state index contributed by atoms with van der Waals surface area (Å²) in [7, 11) is 0. The molecule has 0 bridgehead atoms. The van der Waals surface area contributed by atoms with Gasteiger partial charge in [0.25, 0.3) is 0 Å². The average Bonchev–Trinajstić information content (AvgIpc) is 2.93. The average molecular weight is 338 g/mol. The second kappa shape index (κ2) is 7.42. The molecule has 1 heterocycles. The minimum Gasteiger partial charge on any atom is -0.480 e. The number of carbonyl (C=O) groups excluding carboxylic acids is 1. The Balaban J connectivity index is 2.04. The van der Waals surface area contributed by atoms with Crippen LogP contribution in [0.1, 0.15) is 23.3 Å². The summed E-state index contributed by atoms with van der Waals surface area (Å²) >= 11 is 7.19. The van der Waals surface area contributed by atoms with Gasteiger partial charge < -0.3 is 10.4 Å². The molecule has 6 heteroatoms. The molecule has 0 radical (unpaired) electrons. The van der Waals surface area contributed by atoms with Crippen molar-refractivity contribution in [2.24, 2.45) is 0 Å². The molecule has 1 aromatic heterocycles. The molecule has 2 rings (SSSR count). The van der Waals surface area contributed by atoms with E-state index in [1.165, 1.54) is 11.3 Å². The van der Waals surface area contributed by atoms with Crippen molar-refractivity contribution in [1.29, 1.82) is 0 Å². The lowest BCUT2D eigenvalue weighted by Crippen LogP contribution is -2.43. The SMILES string of the molecule is CC(C(=O)N[C@@H](Cc1ccccc1)C(=O)O)c1ccc(Cl)s1. The van der Waals surface area contributed by atoms with Crippen molar-refractivity contribution in [2.45, 2.75) is 25.3 Å². The lowest BCUT2D eigenvalue weighted by Gasteiger charge is -2.17. The first kappa shape index (κ1) is 16.5. The van der Waals surface area contributed by atoms with Crippen molar-refractivity contribution in [1.82, 2.24) is 5.32 Å². The molecule has 0 aliphatic rings. The number of carboxylic acid groups (broad SMARTS) is 1. The molecular formula is C16H16ClNO3S. The van der Waals surface area contributed by atoms with Gasteiger partial charge in [-0.3, -0.25) is 4.79 Å². The van der Waals surface area contributed by atoms with Crippen LogP contribution in [0, 0.1) is 0 Å². The molecule has 22 heavy (non-hydrogen) atoms. The van der Waals surface area contributed by atoms with Crippen LogP contribution in [0.3, 0.4) is 0 Å². The minimum atomic E-state index is -1.05. The van der Waals surface area contributed by atoms with Crippen molar-refractivity contribution >= 4 is 34.8 Å². The molecule has 2 N–H and O–H groups in total. The van der Waals surface area contributed by atoms with Crippen molar-refractivity contribution in [3.63, 3.8) is 0 Å². The van der Waals surface area contributed by atoms with Crippen LogP contribution in [-0.4, -0.2) is 23.0 Å². The number of rotatable bonds is 6. The van der Waals surface area contributed by atoms with E-state index in [-0.39, 0.29) is 12.3 Å². The quantitative estimate of drug-likeness (QED) is 0.849. The molecule has 0 aliphatic carbocycles. The molecule has 0 saturated carbocycles. The van der Waals surface area contributed by atoms with Gasteiger partial charge in [0.15, 0.2) is 0 Å². The van der Waals surface area contributed by atoms with Gasteiger partial charge >= 0.3 is 5.97 Å². The maximum atomic E-state index is 12.2. The van der Waals surface area contributed by atoms with Gasteiger partial charge in [-0.25, -0.2) is 4.79 Å². The van der Waals surface area contributed by atoms with E-state index in [9.17, 15) is 14.7 Å². The molecule has 0 saturated heterocycles. The highest BCUT2D eigenvalue weighted by Crippen LogP contribution is 2.28. The number of hydrogen-bond acceptors (Lipinski definition) is 3. The molecule has 2 aromatic rings. The molecule has 116 valence electrons. The minimum absolute atomic E-state index is 0.250. The number of thiophene rings is 1. The monoisotopic (exact) mass is 337 g/mol. The van der Waals surface area contributed by atoms with E-state index in [0.29, 0.717) is 4.34 Å². The second-order valence-corrected chi connectivity index (χ2v) is 6.70. The Labute approximate surface area is 137 Å². The maximum absolute atomic E-state index is 12.2. The van der Waals surface area contributed by atoms with Gasteiger partial charge in [0.2, 0.25) is 5.91 Å². The lowest BCUT2D eigenvalue weighted by molar-refractivity contribution is -0.141. The highest BCUT2D eigenvalue weighted by atomic mass is 35.5. The fourth-order valence-corrected chi connectivity index (χ4v) is 3.15. The number of amides is 1. The number of carbonyl (C=O) groups is 2. The van der Waals surface area contributed by atoms with Crippen LogP contribution >= 0.6 is 22.9 Å². The number of carboxylic acids is 1. The van der Waals surface area contributed by atoms with E-state index in [4.69, 9.17) is 11.6 Å². The van der Waals surface area contributed by atoms with Crippen molar-refractivity contribution in [3.8, 4) is 0 Å². The van der Waals surface area contributed by atoms with Crippen LogP contribution in [0.15, 0.2) is 42.5 Å². The number of halogens is 1. The third kappa shape index (κ3) is 4.32. The number of hydrogen-bond donors (Lipinski definition) is 2. The predicted molar refractivity (Wildman–Crippen MR) is 87.5 cm³/mol. The van der Waals surface area contributed by atoms with Crippen LogP contribution in [0.2, 0.25) is 4.34 Å². The summed E-state index contributed by atoms with van der Waals surface area (Å²) in [6, 6.07) is 11.8. The number of nitrogens with one attached hydrogen (secondary N) is 1. The van der Waals surface area contributed by atoms with E-state index < -0.39 is 17.9 Å². The zero-order valence-electron chi connectivity index (χ0n) is 12.0. The van der Waals surface area contributed by atoms with Gasteiger partial charge in [-0.05, 0) is 24.6 Å². The topological polar surface area (TPSA) is 66.4 Å². The van der Waals surface area contributed by atoms with E-state index in [1.807, 2.05) is 30.3 Å². The fourth-order valence-electron chi connectivity index (χ4n) is 2.04. The smallest absolute Gasteiger partial charge is 0.326 e. The molecule has 1 amide bonds. The molecule has 0 aliphatic heterocycles. The zero-order valence-corrected chi connectivity index (χ0v) is 13.5. The van der Waals surface area contributed by atoms with Crippen LogP contribution in [-0.2, 0) is 16.0 Å². The van der Waals surface area contributed by atoms with Gasteiger partial charge in [-0.1, -0.05) is 41.9 Å². The molecule has 2 atom stereocenters. The maximum Gasteiger partial charge on any atom is 0.326 e. The highest BCUT2D eigenvalue weighted by Gasteiger charge is 2.24. The summed E-state index contributed by atoms with van der Waals surface area (Å²) in [5.41, 5.74) is 0.863. The first-order valence-electron chi connectivity index (χ1n) is 6.79. The van der Waals surface area contributed by atoms with Crippen molar-refractivity contribution in [2.75, 3.05) is 0 Å². The van der Waals surface area contributed by atoms with Crippen molar-refractivity contribution in [3.05, 3.63) is 57.2 Å². The van der Waals surface area contributed by atoms with E-state index >= 15 is 0 Å².